The van der Waals surface area contributed by atoms with Crippen molar-refractivity contribution >= 4 is 11.6 Å². The molecule has 0 aliphatic heterocycles. The first-order valence-corrected chi connectivity index (χ1v) is 6.58. The lowest BCUT2D eigenvalue weighted by Gasteiger charge is -2.27. The lowest BCUT2D eigenvalue weighted by atomic mass is 10.1. The largest absolute Gasteiger partial charge is 0.359 e. The van der Waals surface area contributed by atoms with Gasteiger partial charge in [0, 0.05) is 17.3 Å². The molecule has 1 saturated carbocycles. The lowest BCUT2D eigenvalue weighted by molar-refractivity contribution is -0.121. The van der Waals surface area contributed by atoms with E-state index in [4.69, 9.17) is 0 Å². The molecule has 0 saturated heterocycles. The van der Waals surface area contributed by atoms with E-state index in [1.165, 1.54) is 12.8 Å². The van der Waals surface area contributed by atoms with E-state index in [2.05, 4.69) is 22.3 Å². The Morgan fingerprint density at radius 3 is 2.39 bits per heavy atom. The van der Waals surface area contributed by atoms with Crippen molar-refractivity contribution in [1.82, 2.24) is 5.32 Å². The van der Waals surface area contributed by atoms with Crippen molar-refractivity contribution in [3.05, 3.63) is 30.3 Å². The van der Waals surface area contributed by atoms with Gasteiger partial charge in [-0.25, -0.2) is 0 Å². The van der Waals surface area contributed by atoms with Gasteiger partial charge in [-0.3, -0.25) is 4.79 Å². The summed E-state index contributed by atoms with van der Waals surface area (Å²) in [6.45, 7) is 6.48. The number of amides is 1. The van der Waals surface area contributed by atoms with Crippen LogP contribution in [0.3, 0.4) is 0 Å². The van der Waals surface area contributed by atoms with E-state index in [1.807, 2.05) is 39.0 Å². The third-order valence-corrected chi connectivity index (χ3v) is 2.90. The minimum absolute atomic E-state index is 0.0956. The number of nitrogens with one attached hydrogen (secondary N) is 1. The van der Waals surface area contributed by atoms with Crippen LogP contribution in [0.25, 0.3) is 0 Å². The van der Waals surface area contributed by atoms with Crippen molar-refractivity contribution in [2.45, 2.75) is 45.2 Å². The molecule has 1 aromatic carbocycles. The van der Waals surface area contributed by atoms with Crippen LogP contribution in [0.15, 0.2) is 30.3 Å². The number of carbonyl (C=O) groups excluding carboxylic acids is 1. The molecule has 1 fully saturated rings. The summed E-state index contributed by atoms with van der Waals surface area (Å²) in [5.74, 6) is 0.0956. The number of hydrogen-bond acceptors (Lipinski definition) is 2. The second kappa shape index (κ2) is 5.01. The summed E-state index contributed by atoms with van der Waals surface area (Å²) in [4.78, 5) is 14.2. The van der Waals surface area contributed by atoms with E-state index in [9.17, 15) is 4.79 Å². The highest BCUT2D eigenvalue weighted by Crippen LogP contribution is 2.31. The number of rotatable bonds is 4. The third kappa shape index (κ3) is 3.76. The summed E-state index contributed by atoms with van der Waals surface area (Å²) in [5, 5.41) is 3.02. The van der Waals surface area contributed by atoms with Gasteiger partial charge in [0.15, 0.2) is 0 Å². The van der Waals surface area contributed by atoms with Crippen LogP contribution in [0.5, 0.6) is 0 Å². The Hall–Kier alpha value is -1.51. The Kier molecular flexibility index (Phi) is 3.60. The van der Waals surface area contributed by atoms with Gasteiger partial charge in [-0.05, 0) is 45.7 Å². The molecule has 1 aliphatic rings. The maximum Gasteiger partial charge on any atom is 0.239 e. The van der Waals surface area contributed by atoms with Crippen LogP contribution in [-0.2, 0) is 4.79 Å². The molecule has 1 aliphatic carbocycles. The minimum Gasteiger partial charge on any atom is -0.359 e. The zero-order valence-corrected chi connectivity index (χ0v) is 11.4. The molecule has 1 amide bonds. The van der Waals surface area contributed by atoms with Crippen molar-refractivity contribution < 1.29 is 4.79 Å². The average Bonchev–Trinajstić information content (AvgIpc) is 3.08. The van der Waals surface area contributed by atoms with E-state index >= 15 is 0 Å². The molecule has 0 aromatic heterocycles. The van der Waals surface area contributed by atoms with Gasteiger partial charge in [0.05, 0.1) is 6.54 Å². The van der Waals surface area contributed by atoms with Gasteiger partial charge in [-0.15, -0.1) is 0 Å². The Morgan fingerprint density at radius 1 is 1.28 bits per heavy atom. The molecule has 2 rings (SSSR count). The molecule has 0 radical (unpaired) electrons. The van der Waals surface area contributed by atoms with Crippen molar-refractivity contribution in [2.75, 3.05) is 11.4 Å². The first kappa shape index (κ1) is 12.9. The zero-order valence-electron chi connectivity index (χ0n) is 11.4. The number of carbonyl (C=O) groups is 1. The van der Waals surface area contributed by atoms with Crippen LogP contribution in [0.4, 0.5) is 5.69 Å². The first-order valence-electron chi connectivity index (χ1n) is 6.58. The van der Waals surface area contributed by atoms with E-state index < -0.39 is 0 Å². The molecule has 3 heteroatoms. The summed E-state index contributed by atoms with van der Waals surface area (Å²) in [6.07, 6.45) is 2.38. The van der Waals surface area contributed by atoms with Crippen LogP contribution in [0.1, 0.15) is 33.6 Å². The van der Waals surface area contributed by atoms with Gasteiger partial charge in [0.1, 0.15) is 0 Å². The number of hydrogen-bond donors (Lipinski definition) is 1. The van der Waals surface area contributed by atoms with Crippen LogP contribution < -0.4 is 10.2 Å². The molecule has 0 bridgehead atoms. The summed E-state index contributed by atoms with van der Waals surface area (Å²) >= 11 is 0. The van der Waals surface area contributed by atoms with E-state index in [0.717, 1.165) is 5.69 Å². The standard InChI is InChI=1S/C15H22N2O/c1-15(2,3)16-14(18)11-17(13-9-10-13)12-7-5-4-6-8-12/h4-8,13H,9-11H2,1-3H3,(H,16,18). The lowest BCUT2D eigenvalue weighted by Crippen LogP contribution is -2.46. The van der Waals surface area contributed by atoms with E-state index in [1.54, 1.807) is 0 Å². The summed E-state index contributed by atoms with van der Waals surface area (Å²) < 4.78 is 0. The third-order valence-electron chi connectivity index (χ3n) is 2.90. The van der Waals surface area contributed by atoms with Gasteiger partial charge >= 0.3 is 0 Å². The fraction of sp³-hybridized carbons (Fsp3) is 0.533. The SMILES string of the molecule is CC(C)(C)NC(=O)CN(c1ccccc1)C1CC1. The normalized spacial score (nSPS) is 15.3. The molecule has 1 N–H and O–H groups in total. The molecule has 0 spiro atoms. The smallest absolute Gasteiger partial charge is 0.239 e. The predicted molar refractivity (Wildman–Crippen MR) is 74.7 cm³/mol. The van der Waals surface area contributed by atoms with Crippen LogP contribution >= 0.6 is 0 Å². The summed E-state index contributed by atoms with van der Waals surface area (Å²) in [6, 6.07) is 10.7. The van der Waals surface area contributed by atoms with Gasteiger partial charge < -0.3 is 10.2 Å². The highest BCUT2D eigenvalue weighted by Gasteiger charge is 2.31. The van der Waals surface area contributed by atoms with Crippen LogP contribution in [-0.4, -0.2) is 24.0 Å². The van der Waals surface area contributed by atoms with E-state index in [-0.39, 0.29) is 11.4 Å². The van der Waals surface area contributed by atoms with Gasteiger partial charge in [-0.2, -0.15) is 0 Å². The molecule has 0 atom stereocenters. The number of anilines is 1. The Labute approximate surface area is 109 Å². The zero-order chi connectivity index (χ0) is 13.2. The van der Waals surface area contributed by atoms with Crippen molar-refractivity contribution in [3.8, 4) is 0 Å². The fourth-order valence-electron chi connectivity index (χ4n) is 2.05. The molecule has 0 heterocycles. The van der Waals surface area contributed by atoms with Crippen LogP contribution in [0.2, 0.25) is 0 Å². The van der Waals surface area contributed by atoms with Gasteiger partial charge in [0.2, 0.25) is 5.91 Å². The number of para-hydroxylation sites is 1. The second-order valence-electron chi connectivity index (χ2n) is 5.99. The molecule has 0 unspecified atom stereocenters. The maximum atomic E-state index is 12.0. The topological polar surface area (TPSA) is 32.3 Å². The van der Waals surface area contributed by atoms with Crippen molar-refractivity contribution in [1.29, 1.82) is 0 Å². The van der Waals surface area contributed by atoms with Gasteiger partial charge in [-0.1, -0.05) is 18.2 Å². The quantitative estimate of drug-likeness (QED) is 0.885. The van der Waals surface area contributed by atoms with Crippen molar-refractivity contribution in [3.63, 3.8) is 0 Å². The molecule has 98 valence electrons. The first-order chi connectivity index (χ1) is 8.46. The number of benzene rings is 1. The molecular weight excluding hydrogens is 224 g/mol. The predicted octanol–water partition coefficient (Wildman–Crippen LogP) is 2.57. The Bertz CT molecular complexity index is 404. The summed E-state index contributed by atoms with van der Waals surface area (Å²) in [7, 11) is 0. The minimum atomic E-state index is -0.164. The molecule has 1 aromatic rings. The molecule has 18 heavy (non-hydrogen) atoms. The van der Waals surface area contributed by atoms with Gasteiger partial charge in [0.25, 0.3) is 0 Å². The monoisotopic (exact) mass is 246 g/mol. The average molecular weight is 246 g/mol. The molecular formula is C15H22N2O. The fourth-order valence-corrected chi connectivity index (χ4v) is 2.05. The molecule has 3 nitrogen and oxygen atoms in total. The Morgan fingerprint density at radius 2 is 1.89 bits per heavy atom. The summed E-state index contributed by atoms with van der Waals surface area (Å²) in [5.41, 5.74) is 0.979. The highest BCUT2D eigenvalue weighted by atomic mass is 16.2. The van der Waals surface area contributed by atoms with Crippen molar-refractivity contribution in [2.24, 2.45) is 0 Å². The second-order valence-corrected chi connectivity index (χ2v) is 5.99. The Balaban J connectivity index is 2.02. The van der Waals surface area contributed by atoms with Crippen LogP contribution in [0, 0.1) is 0 Å². The van der Waals surface area contributed by atoms with E-state index in [0.29, 0.717) is 12.6 Å². The highest BCUT2D eigenvalue weighted by molar-refractivity contribution is 5.82. The maximum absolute atomic E-state index is 12.0. The number of nitrogens with zero attached hydrogens (tertiary/aromatic N) is 1.